The zero-order chi connectivity index (χ0) is 16.6. The Bertz CT molecular complexity index is 619. The van der Waals surface area contributed by atoms with Gasteiger partial charge >= 0.3 is 5.97 Å². The van der Waals surface area contributed by atoms with Crippen molar-refractivity contribution in [3.05, 3.63) is 22.4 Å². The quantitative estimate of drug-likeness (QED) is 0.719. The first kappa shape index (κ1) is 15.9. The number of aliphatic carboxylic acids is 1. The van der Waals surface area contributed by atoms with Crippen molar-refractivity contribution >= 4 is 29.1 Å². The lowest BCUT2D eigenvalue weighted by molar-refractivity contribution is -0.262. The van der Waals surface area contributed by atoms with Gasteiger partial charge in [-0.2, -0.15) is 0 Å². The number of carbonyl (C=O) groups excluding carboxylic acids is 2. The second kappa shape index (κ2) is 6.26. The van der Waals surface area contributed by atoms with Crippen molar-refractivity contribution in [1.29, 1.82) is 0 Å². The second-order valence-corrected chi connectivity index (χ2v) is 6.37. The molecule has 2 amide bonds. The van der Waals surface area contributed by atoms with E-state index >= 15 is 0 Å². The van der Waals surface area contributed by atoms with Crippen LogP contribution in [0.2, 0.25) is 0 Å². The Morgan fingerprint density at radius 2 is 2.35 bits per heavy atom. The first-order chi connectivity index (χ1) is 11.0. The maximum atomic E-state index is 12.2. The number of nitrogens with one attached hydrogen (secondary N) is 1. The molecule has 9 heteroatoms. The van der Waals surface area contributed by atoms with Gasteiger partial charge in [0, 0.05) is 18.4 Å². The first-order valence-corrected chi connectivity index (χ1v) is 7.94. The van der Waals surface area contributed by atoms with E-state index in [0.717, 1.165) is 9.78 Å². The Labute approximate surface area is 136 Å². The van der Waals surface area contributed by atoms with Gasteiger partial charge in [0.2, 0.25) is 18.0 Å². The van der Waals surface area contributed by atoms with Crippen LogP contribution in [0.1, 0.15) is 11.3 Å². The number of methoxy groups -OCH3 is 1. The molecule has 4 atom stereocenters. The van der Waals surface area contributed by atoms with Gasteiger partial charge in [-0.3, -0.25) is 14.5 Å². The largest absolute Gasteiger partial charge is 0.478 e. The smallest absolute Gasteiger partial charge is 0.354 e. The maximum Gasteiger partial charge on any atom is 0.354 e. The average molecular weight is 340 g/mol. The third-order valence-corrected chi connectivity index (χ3v) is 4.81. The maximum absolute atomic E-state index is 12.2. The minimum atomic E-state index is -1.38. The summed E-state index contributed by atoms with van der Waals surface area (Å²) < 4.78 is 10.3. The van der Waals surface area contributed by atoms with Crippen LogP contribution in [-0.2, 0) is 30.3 Å². The molecule has 0 radical (unpaired) electrons. The molecule has 0 spiro atoms. The van der Waals surface area contributed by atoms with Crippen LogP contribution in [0.3, 0.4) is 0 Å². The lowest BCUT2D eigenvalue weighted by atomic mass is 9.89. The number of thiophene rings is 1. The number of fused-ring (bicyclic) bond motifs is 1. The predicted octanol–water partition coefficient (Wildman–Crippen LogP) is -0.210. The molecular formula is C14H16N2O6S. The van der Waals surface area contributed by atoms with Crippen LogP contribution in [-0.4, -0.2) is 59.5 Å². The van der Waals surface area contributed by atoms with Gasteiger partial charge in [-0.1, -0.05) is 6.07 Å². The summed E-state index contributed by atoms with van der Waals surface area (Å²) in [7, 11) is 1.41. The molecule has 0 aliphatic carbocycles. The Morgan fingerprint density at radius 1 is 1.57 bits per heavy atom. The molecule has 0 aromatic carbocycles. The molecule has 2 saturated heterocycles. The monoisotopic (exact) mass is 340 g/mol. The predicted molar refractivity (Wildman–Crippen MR) is 78.5 cm³/mol. The molecule has 3 heterocycles. The van der Waals surface area contributed by atoms with Crippen LogP contribution in [0.15, 0.2) is 17.5 Å². The van der Waals surface area contributed by atoms with Crippen molar-refractivity contribution in [2.45, 2.75) is 37.4 Å². The molecule has 2 aliphatic heterocycles. The minimum Gasteiger partial charge on any atom is -0.478 e. The number of carboxylic acids is 1. The van der Waals surface area contributed by atoms with E-state index in [1.54, 1.807) is 0 Å². The number of nitrogens with zero attached hydrogens (tertiary/aromatic N) is 1. The number of hydrogen-bond donors (Lipinski definition) is 2. The summed E-state index contributed by atoms with van der Waals surface area (Å²) in [6, 6.07) is 2.53. The van der Waals surface area contributed by atoms with Crippen molar-refractivity contribution in [1.82, 2.24) is 10.2 Å². The standard InChI is InChI=1S/C14H16N2O6S/c1-21-10-6-8-11(12(18)16(8)13(22-10)14(19)20)15-9(17)5-7-3-2-4-23-7/h2-4,8,10-11,13H,5-6H2,1H3,(H,15,17)(H,19,20)/t8-,10-,11-,13+/m0/s1. The summed E-state index contributed by atoms with van der Waals surface area (Å²) >= 11 is 1.46. The Morgan fingerprint density at radius 3 is 2.96 bits per heavy atom. The number of carbonyl (C=O) groups is 3. The molecule has 0 saturated carbocycles. The zero-order valence-electron chi connectivity index (χ0n) is 12.3. The average Bonchev–Trinajstić information content (AvgIpc) is 3.03. The number of hydrogen-bond acceptors (Lipinski definition) is 6. The van der Waals surface area contributed by atoms with Crippen molar-refractivity contribution in [2.75, 3.05) is 7.11 Å². The van der Waals surface area contributed by atoms with Crippen molar-refractivity contribution in [3.8, 4) is 0 Å². The zero-order valence-corrected chi connectivity index (χ0v) is 13.1. The summed E-state index contributed by atoms with van der Waals surface area (Å²) in [4.78, 5) is 37.5. The van der Waals surface area contributed by atoms with Gasteiger partial charge in [0.25, 0.3) is 0 Å². The van der Waals surface area contributed by atoms with E-state index < -0.39 is 36.5 Å². The molecule has 2 aliphatic rings. The summed E-state index contributed by atoms with van der Waals surface area (Å²) in [5.41, 5.74) is 0. The molecule has 3 rings (SSSR count). The van der Waals surface area contributed by atoms with Crippen LogP contribution >= 0.6 is 11.3 Å². The highest BCUT2D eigenvalue weighted by atomic mass is 32.1. The van der Waals surface area contributed by atoms with E-state index in [1.807, 2.05) is 17.5 Å². The summed E-state index contributed by atoms with van der Waals surface area (Å²) in [5, 5.41) is 13.7. The number of rotatable bonds is 5. The molecule has 8 nitrogen and oxygen atoms in total. The molecule has 124 valence electrons. The summed E-state index contributed by atoms with van der Waals surface area (Å²) in [6.07, 6.45) is -1.59. The van der Waals surface area contributed by atoms with E-state index in [0.29, 0.717) is 6.42 Å². The fourth-order valence-electron chi connectivity index (χ4n) is 2.85. The lowest BCUT2D eigenvalue weighted by Crippen LogP contribution is -2.77. The van der Waals surface area contributed by atoms with Gasteiger partial charge in [-0.25, -0.2) is 4.79 Å². The summed E-state index contributed by atoms with van der Waals surface area (Å²) in [5.74, 6) is -1.97. The van der Waals surface area contributed by atoms with Crippen molar-refractivity contribution < 1.29 is 29.0 Å². The fourth-order valence-corrected chi connectivity index (χ4v) is 3.55. The molecule has 2 N–H and O–H groups in total. The topological polar surface area (TPSA) is 105 Å². The molecule has 2 fully saturated rings. The van der Waals surface area contributed by atoms with E-state index in [9.17, 15) is 19.5 Å². The normalized spacial score (nSPS) is 29.6. The molecule has 1 aromatic rings. The molecule has 0 unspecified atom stereocenters. The van der Waals surface area contributed by atoms with E-state index in [2.05, 4.69) is 5.32 Å². The highest BCUT2D eigenvalue weighted by Crippen LogP contribution is 2.33. The number of amides is 2. The molecular weight excluding hydrogens is 324 g/mol. The van der Waals surface area contributed by atoms with Crippen molar-refractivity contribution in [3.63, 3.8) is 0 Å². The van der Waals surface area contributed by atoms with Gasteiger partial charge in [0.15, 0.2) is 6.29 Å². The van der Waals surface area contributed by atoms with Gasteiger partial charge < -0.3 is 19.9 Å². The number of carboxylic acid groups (broad SMARTS) is 1. The lowest BCUT2D eigenvalue weighted by Gasteiger charge is -2.53. The first-order valence-electron chi connectivity index (χ1n) is 7.06. The SMILES string of the molecule is CO[C@@H]1C[C@H]2[C@H](NC(=O)Cc3cccs3)C(=O)N2[C@@H](C(=O)O)O1. The van der Waals surface area contributed by atoms with E-state index in [4.69, 9.17) is 9.47 Å². The van der Waals surface area contributed by atoms with Gasteiger partial charge in [-0.15, -0.1) is 11.3 Å². The van der Waals surface area contributed by atoms with Crippen LogP contribution in [0.5, 0.6) is 0 Å². The summed E-state index contributed by atoms with van der Waals surface area (Å²) in [6.45, 7) is 0. The Hall–Kier alpha value is -1.97. The molecule has 1 aromatic heterocycles. The van der Waals surface area contributed by atoms with Crippen LogP contribution in [0, 0.1) is 0 Å². The molecule has 23 heavy (non-hydrogen) atoms. The Kier molecular flexibility index (Phi) is 4.33. The third-order valence-electron chi connectivity index (χ3n) is 3.94. The molecule has 0 bridgehead atoms. The second-order valence-electron chi connectivity index (χ2n) is 5.34. The number of ether oxygens (including phenoxy) is 2. The highest BCUT2D eigenvalue weighted by Gasteiger charge is 2.57. The third kappa shape index (κ3) is 2.94. The number of β-lactam (4-membered cyclic amide) rings is 1. The van der Waals surface area contributed by atoms with Crippen LogP contribution in [0.4, 0.5) is 0 Å². The van der Waals surface area contributed by atoms with E-state index in [-0.39, 0.29) is 12.3 Å². The highest BCUT2D eigenvalue weighted by molar-refractivity contribution is 7.10. The Balaban J connectivity index is 1.66. The fraction of sp³-hybridized carbons (Fsp3) is 0.500. The van der Waals surface area contributed by atoms with Crippen LogP contribution in [0.25, 0.3) is 0 Å². The van der Waals surface area contributed by atoms with E-state index in [1.165, 1.54) is 18.4 Å². The van der Waals surface area contributed by atoms with Gasteiger partial charge in [-0.05, 0) is 11.4 Å². The van der Waals surface area contributed by atoms with Gasteiger partial charge in [0.05, 0.1) is 12.5 Å². The minimum absolute atomic E-state index is 0.195. The van der Waals surface area contributed by atoms with Crippen molar-refractivity contribution in [2.24, 2.45) is 0 Å². The van der Waals surface area contributed by atoms with Crippen LogP contribution < -0.4 is 5.32 Å². The van der Waals surface area contributed by atoms with Gasteiger partial charge in [0.1, 0.15) is 6.04 Å².